The van der Waals surface area contributed by atoms with Crippen LogP contribution in [-0.4, -0.2) is 61.4 Å². The molecule has 9 heteroatoms. The topological polar surface area (TPSA) is 106 Å². The Balaban J connectivity index is 2.21. The van der Waals surface area contributed by atoms with Crippen LogP contribution in [0.25, 0.3) is 0 Å². The number of rotatable bonds is 16. The first-order valence-corrected chi connectivity index (χ1v) is 12.3. The lowest BCUT2D eigenvalue weighted by Gasteiger charge is -2.34. The van der Waals surface area contributed by atoms with Crippen LogP contribution in [0, 0.1) is 10.1 Å². The minimum absolute atomic E-state index is 0.102. The Labute approximate surface area is 202 Å². The lowest BCUT2D eigenvalue weighted by molar-refractivity contribution is -0.384. The van der Waals surface area contributed by atoms with Crippen molar-refractivity contribution in [2.75, 3.05) is 26.4 Å². The molecule has 1 aromatic carbocycles. The van der Waals surface area contributed by atoms with Gasteiger partial charge >= 0.3 is 5.97 Å². The lowest BCUT2D eigenvalue weighted by Crippen LogP contribution is -2.51. The van der Waals surface area contributed by atoms with Crippen LogP contribution in [-0.2, 0) is 23.7 Å². The number of carbonyl (C=O) groups is 1. The van der Waals surface area contributed by atoms with Gasteiger partial charge in [0.1, 0.15) is 12.2 Å². The van der Waals surface area contributed by atoms with Crippen molar-refractivity contribution >= 4 is 11.7 Å². The van der Waals surface area contributed by atoms with Crippen LogP contribution >= 0.6 is 0 Å². The molecule has 4 atom stereocenters. The molecular formula is C25H39NO8. The van der Waals surface area contributed by atoms with Crippen LogP contribution in [0.5, 0.6) is 0 Å². The number of hydrogen-bond acceptors (Lipinski definition) is 8. The van der Waals surface area contributed by atoms with Crippen molar-refractivity contribution in [3.63, 3.8) is 0 Å². The van der Waals surface area contributed by atoms with Crippen molar-refractivity contribution in [2.45, 2.75) is 90.3 Å². The first-order chi connectivity index (χ1) is 16.4. The molecule has 0 spiro atoms. The van der Waals surface area contributed by atoms with Gasteiger partial charge in [-0.15, -0.1) is 0 Å². The van der Waals surface area contributed by atoms with Crippen LogP contribution in [0.4, 0.5) is 5.69 Å². The van der Waals surface area contributed by atoms with Crippen LogP contribution in [0.1, 0.15) is 76.6 Å². The van der Waals surface area contributed by atoms with E-state index >= 15 is 0 Å². The van der Waals surface area contributed by atoms with E-state index in [1.807, 2.05) is 6.92 Å². The van der Waals surface area contributed by atoms with E-state index in [4.69, 9.17) is 23.7 Å². The van der Waals surface area contributed by atoms with E-state index in [1.54, 1.807) is 0 Å². The molecule has 0 amide bonds. The van der Waals surface area contributed by atoms with Crippen molar-refractivity contribution in [3.05, 3.63) is 39.9 Å². The minimum atomic E-state index is -1.03. The number of nitrogens with zero attached hydrogens (tertiary/aromatic N) is 1. The Morgan fingerprint density at radius 3 is 2.26 bits per heavy atom. The summed E-state index contributed by atoms with van der Waals surface area (Å²) in [6.07, 6.45) is 3.68. The van der Waals surface area contributed by atoms with Gasteiger partial charge in [0.05, 0.1) is 17.1 Å². The number of nitro benzene ring substituents is 1. The summed E-state index contributed by atoms with van der Waals surface area (Å²) >= 11 is 0. The van der Waals surface area contributed by atoms with Crippen molar-refractivity contribution in [1.29, 1.82) is 0 Å². The largest absolute Gasteiger partial charge is 0.429 e. The van der Waals surface area contributed by atoms with E-state index in [0.29, 0.717) is 26.4 Å². The SMILES string of the molecule is CCCCOC[C@H]1OC(OC(=O)c2ccc([N+](=O)[O-])cc2)[C@](C)(OCCCC)[C@@H]1OCCCC. The number of ether oxygens (including phenoxy) is 5. The molecule has 1 aromatic rings. The zero-order valence-corrected chi connectivity index (χ0v) is 20.8. The number of esters is 1. The maximum absolute atomic E-state index is 12.9. The summed E-state index contributed by atoms with van der Waals surface area (Å²) in [6.45, 7) is 10.0. The highest BCUT2D eigenvalue weighted by atomic mass is 16.7. The van der Waals surface area contributed by atoms with Crippen LogP contribution < -0.4 is 0 Å². The Morgan fingerprint density at radius 2 is 1.65 bits per heavy atom. The standard InChI is InChI=1S/C25H39NO8/c1-5-8-15-30-18-21-22(31-16-9-6-2)25(4,32-17-10-7-3)24(33-21)34-23(27)19-11-13-20(14-12-19)26(28)29/h11-14,21-22,24H,5-10,15-18H2,1-4H3/t21-,22-,24?,25-/m1/s1. The highest BCUT2D eigenvalue weighted by Gasteiger charge is 2.57. The summed E-state index contributed by atoms with van der Waals surface area (Å²) in [5.41, 5.74) is -0.940. The molecule has 1 aliphatic heterocycles. The van der Waals surface area contributed by atoms with Gasteiger partial charge in [0.25, 0.3) is 5.69 Å². The van der Waals surface area contributed by atoms with E-state index in [2.05, 4.69) is 20.8 Å². The Kier molecular flexibility index (Phi) is 11.9. The van der Waals surface area contributed by atoms with Gasteiger partial charge in [-0.3, -0.25) is 10.1 Å². The first kappa shape index (κ1) is 28.2. The van der Waals surface area contributed by atoms with Gasteiger partial charge in [0.15, 0.2) is 5.60 Å². The van der Waals surface area contributed by atoms with Crippen molar-refractivity contribution in [1.82, 2.24) is 0 Å². The number of unbranched alkanes of at least 4 members (excludes halogenated alkanes) is 3. The lowest BCUT2D eigenvalue weighted by atomic mass is 9.96. The normalized spacial score (nSPS) is 24.3. The molecule has 0 saturated carbocycles. The monoisotopic (exact) mass is 481 g/mol. The van der Waals surface area contributed by atoms with Crippen LogP contribution in [0.15, 0.2) is 24.3 Å². The zero-order valence-electron chi connectivity index (χ0n) is 20.8. The summed E-state index contributed by atoms with van der Waals surface area (Å²) < 4.78 is 30.2. The predicted molar refractivity (Wildman–Crippen MR) is 127 cm³/mol. The summed E-state index contributed by atoms with van der Waals surface area (Å²) in [6, 6.07) is 5.27. The number of hydrogen-bond donors (Lipinski definition) is 0. The third-order valence-electron chi connectivity index (χ3n) is 5.83. The second-order valence-electron chi connectivity index (χ2n) is 8.68. The van der Waals surface area contributed by atoms with Gasteiger partial charge in [-0.1, -0.05) is 40.0 Å². The quantitative estimate of drug-likeness (QED) is 0.140. The molecule has 0 bridgehead atoms. The molecule has 1 saturated heterocycles. The molecule has 192 valence electrons. The van der Waals surface area contributed by atoms with E-state index in [0.717, 1.165) is 38.5 Å². The van der Waals surface area contributed by atoms with E-state index < -0.39 is 35.0 Å². The molecule has 0 aliphatic carbocycles. The molecule has 0 aromatic heterocycles. The smallest absolute Gasteiger partial charge is 0.340 e. The average Bonchev–Trinajstić information content (AvgIpc) is 3.08. The fraction of sp³-hybridized carbons (Fsp3) is 0.720. The molecule has 34 heavy (non-hydrogen) atoms. The molecule has 1 aliphatic rings. The fourth-order valence-corrected chi connectivity index (χ4v) is 3.68. The average molecular weight is 482 g/mol. The van der Waals surface area contributed by atoms with E-state index in [1.165, 1.54) is 24.3 Å². The molecule has 1 fully saturated rings. The summed E-state index contributed by atoms with van der Waals surface area (Å²) in [5, 5.41) is 10.9. The van der Waals surface area contributed by atoms with Gasteiger partial charge in [-0.25, -0.2) is 4.79 Å². The number of nitro groups is 1. The van der Waals surface area contributed by atoms with Crippen LogP contribution in [0.2, 0.25) is 0 Å². The van der Waals surface area contributed by atoms with Gasteiger partial charge in [0.2, 0.25) is 6.29 Å². The Hall–Kier alpha value is -2.07. The second kappa shape index (κ2) is 14.4. The van der Waals surface area contributed by atoms with Crippen molar-refractivity contribution in [2.24, 2.45) is 0 Å². The second-order valence-corrected chi connectivity index (χ2v) is 8.68. The summed E-state index contributed by atoms with van der Waals surface area (Å²) in [5.74, 6) is -0.648. The van der Waals surface area contributed by atoms with Crippen molar-refractivity contribution < 1.29 is 33.4 Å². The van der Waals surface area contributed by atoms with E-state index in [9.17, 15) is 14.9 Å². The van der Waals surface area contributed by atoms with Gasteiger partial charge in [-0.2, -0.15) is 0 Å². The molecule has 2 rings (SSSR count). The third kappa shape index (κ3) is 7.73. The number of carbonyl (C=O) groups excluding carboxylic acids is 1. The Morgan fingerprint density at radius 1 is 1.03 bits per heavy atom. The summed E-state index contributed by atoms with van der Waals surface area (Å²) in [4.78, 5) is 23.3. The van der Waals surface area contributed by atoms with Gasteiger partial charge in [0, 0.05) is 32.0 Å². The Bertz CT molecular complexity index is 756. The molecule has 9 nitrogen and oxygen atoms in total. The maximum atomic E-state index is 12.9. The minimum Gasteiger partial charge on any atom is -0.429 e. The number of non-ortho nitro benzene ring substituents is 1. The fourth-order valence-electron chi connectivity index (χ4n) is 3.68. The maximum Gasteiger partial charge on any atom is 0.340 e. The van der Waals surface area contributed by atoms with E-state index in [-0.39, 0.29) is 11.3 Å². The molecular weight excluding hydrogens is 442 g/mol. The third-order valence-corrected chi connectivity index (χ3v) is 5.83. The van der Waals surface area contributed by atoms with Crippen LogP contribution in [0.3, 0.4) is 0 Å². The summed E-state index contributed by atoms with van der Waals surface area (Å²) in [7, 11) is 0. The molecule has 0 N–H and O–H groups in total. The van der Waals surface area contributed by atoms with Gasteiger partial charge < -0.3 is 23.7 Å². The van der Waals surface area contributed by atoms with Crippen molar-refractivity contribution in [3.8, 4) is 0 Å². The molecule has 0 radical (unpaired) electrons. The highest BCUT2D eigenvalue weighted by Crippen LogP contribution is 2.38. The predicted octanol–water partition coefficient (Wildman–Crippen LogP) is 5.05. The number of benzene rings is 1. The molecule has 1 heterocycles. The first-order valence-electron chi connectivity index (χ1n) is 12.3. The van der Waals surface area contributed by atoms with Gasteiger partial charge in [-0.05, 0) is 38.3 Å². The molecule has 1 unspecified atom stereocenters. The zero-order chi connectivity index (χ0) is 25.0. The highest BCUT2D eigenvalue weighted by molar-refractivity contribution is 5.89.